The number of pyridine rings is 2. The second-order valence-corrected chi connectivity index (χ2v) is 7.67. The molecule has 2 aromatic heterocycles. The first kappa shape index (κ1) is 24.7. The Balaban J connectivity index is 1.83. The van der Waals surface area contributed by atoms with Gasteiger partial charge < -0.3 is 28.4 Å². The van der Waals surface area contributed by atoms with E-state index in [9.17, 15) is 0 Å². The van der Waals surface area contributed by atoms with Crippen molar-refractivity contribution in [3.05, 3.63) is 60.9 Å². The number of methoxy groups -OCH3 is 6. The van der Waals surface area contributed by atoms with Crippen molar-refractivity contribution >= 4 is 0 Å². The summed E-state index contributed by atoms with van der Waals surface area (Å²) in [5.74, 6) is 3.77. The predicted molar refractivity (Wildman–Crippen MR) is 138 cm³/mol. The van der Waals surface area contributed by atoms with Gasteiger partial charge in [0.05, 0.1) is 65.2 Å². The van der Waals surface area contributed by atoms with Gasteiger partial charge in [-0.1, -0.05) is 0 Å². The van der Waals surface area contributed by atoms with Crippen molar-refractivity contribution in [2.24, 2.45) is 0 Å². The highest BCUT2D eigenvalue weighted by Crippen LogP contribution is 2.44. The van der Waals surface area contributed by atoms with Gasteiger partial charge in [-0.05, 0) is 35.4 Å². The zero-order valence-electron chi connectivity index (χ0n) is 21.1. The first-order valence-corrected chi connectivity index (χ1v) is 11.1. The van der Waals surface area contributed by atoms with Crippen LogP contribution in [0, 0.1) is 0 Å². The van der Waals surface area contributed by atoms with Gasteiger partial charge >= 0.3 is 0 Å². The Hall–Kier alpha value is -4.46. The van der Waals surface area contributed by atoms with Crippen molar-refractivity contribution in [2.45, 2.75) is 0 Å². The van der Waals surface area contributed by atoms with E-state index in [1.54, 1.807) is 55.1 Å². The van der Waals surface area contributed by atoms with Crippen LogP contribution in [0.3, 0.4) is 0 Å². The normalized spacial score (nSPS) is 10.5. The predicted octanol–water partition coefficient (Wildman–Crippen LogP) is 5.53. The molecule has 0 aliphatic carbocycles. The standard InChI is InChI=1S/C28H28N2O6/c1-31-19-13-23(33-3)27(24(14-19)34-4)17-7-9-29-21(11-17)22-12-18(8-10-30-22)28-25(35-5)15-20(32-2)16-26(28)36-6/h7-16H,1-6H3. The van der Waals surface area contributed by atoms with E-state index in [4.69, 9.17) is 28.4 Å². The van der Waals surface area contributed by atoms with Gasteiger partial charge in [0.1, 0.15) is 34.5 Å². The Morgan fingerprint density at radius 2 is 0.778 bits per heavy atom. The lowest BCUT2D eigenvalue weighted by atomic mass is 10.0. The highest BCUT2D eigenvalue weighted by atomic mass is 16.5. The number of nitrogens with zero attached hydrogens (tertiary/aromatic N) is 2. The smallest absolute Gasteiger partial charge is 0.134 e. The molecule has 0 saturated heterocycles. The first-order valence-electron chi connectivity index (χ1n) is 11.1. The zero-order chi connectivity index (χ0) is 25.7. The summed E-state index contributed by atoms with van der Waals surface area (Å²) in [4.78, 5) is 9.15. The molecule has 0 radical (unpaired) electrons. The second-order valence-electron chi connectivity index (χ2n) is 7.67. The van der Waals surface area contributed by atoms with Crippen LogP contribution in [0.15, 0.2) is 60.9 Å². The summed E-state index contributed by atoms with van der Waals surface area (Å²) in [6.07, 6.45) is 3.47. The van der Waals surface area contributed by atoms with Crippen LogP contribution in [-0.4, -0.2) is 52.6 Å². The van der Waals surface area contributed by atoms with Crippen molar-refractivity contribution in [3.8, 4) is 68.1 Å². The third-order valence-electron chi connectivity index (χ3n) is 5.79. The van der Waals surface area contributed by atoms with Gasteiger partial charge in [-0.3, -0.25) is 9.97 Å². The van der Waals surface area contributed by atoms with Crippen LogP contribution >= 0.6 is 0 Å². The molecule has 0 N–H and O–H groups in total. The molecule has 8 nitrogen and oxygen atoms in total. The summed E-state index contributed by atoms with van der Waals surface area (Å²) in [5, 5.41) is 0. The third-order valence-corrected chi connectivity index (χ3v) is 5.79. The number of aromatic nitrogens is 2. The van der Waals surface area contributed by atoms with E-state index < -0.39 is 0 Å². The van der Waals surface area contributed by atoms with Gasteiger partial charge in [0.2, 0.25) is 0 Å². The van der Waals surface area contributed by atoms with Crippen LogP contribution < -0.4 is 28.4 Å². The molecule has 0 unspecified atom stereocenters. The number of ether oxygens (including phenoxy) is 6. The lowest BCUT2D eigenvalue weighted by Crippen LogP contribution is -1.97. The maximum Gasteiger partial charge on any atom is 0.134 e. The molecular weight excluding hydrogens is 460 g/mol. The van der Waals surface area contributed by atoms with Crippen molar-refractivity contribution in [3.63, 3.8) is 0 Å². The molecule has 0 aliphatic rings. The molecule has 186 valence electrons. The van der Waals surface area contributed by atoms with Gasteiger partial charge in [0.15, 0.2) is 0 Å². The Kier molecular flexibility index (Phi) is 7.44. The number of rotatable bonds is 9. The quantitative estimate of drug-likeness (QED) is 0.304. The van der Waals surface area contributed by atoms with Crippen molar-refractivity contribution in [2.75, 3.05) is 42.7 Å². The molecule has 0 aliphatic heterocycles. The maximum atomic E-state index is 5.64. The molecule has 0 bridgehead atoms. The summed E-state index contributed by atoms with van der Waals surface area (Å²) in [5.41, 5.74) is 4.67. The van der Waals surface area contributed by atoms with Gasteiger partial charge in [-0.25, -0.2) is 0 Å². The molecular formula is C28H28N2O6. The largest absolute Gasteiger partial charge is 0.496 e. The van der Waals surface area contributed by atoms with Crippen LogP contribution in [0.5, 0.6) is 34.5 Å². The van der Waals surface area contributed by atoms with Crippen LogP contribution in [0.25, 0.3) is 33.6 Å². The van der Waals surface area contributed by atoms with Crippen molar-refractivity contribution in [1.29, 1.82) is 0 Å². The Morgan fingerprint density at radius 3 is 1.06 bits per heavy atom. The fraction of sp³-hybridized carbons (Fsp3) is 0.214. The lowest BCUT2D eigenvalue weighted by molar-refractivity contribution is 0.377. The number of benzene rings is 2. The van der Waals surface area contributed by atoms with E-state index in [1.807, 2.05) is 48.5 Å². The Bertz CT molecular complexity index is 1220. The lowest BCUT2D eigenvalue weighted by Gasteiger charge is -2.16. The average Bonchev–Trinajstić information content (AvgIpc) is 2.95. The fourth-order valence-corrected chi connectivity index (χ4v) is 4.03. The molecule has 4 aromatic rings. The van der Waals surface area contributed by atoms with Gasteiger partial charge in [0.25, 0.3) is 0 Å². The molecule has 2 heterocycles. The topological polar surface area (TPSA) is 81.2 Å². The summed E-state index contributed by atoms with van der Waals surface area (Å²) >= 11 is 0. The number of hydrogen-bond donors (Lipinski definition) is 0. The maximum absolute atomic E-state index is 5.64. The molecule has 0 atom stereocenters. The third kappa shape index (κ3) is 4.70. The van der Waals surface area contributed by atoms with Crippen LogP contribution in [0.4, 0.5) is 0 Å². The van der Waals surface area contributed by atoms with Gasteiger partial charge in [0, 0.05) is 36.7 Å². The zero-order valence-corrected chi connectivity index (χ0v) is 21.1. The van der Waals surface area contributed by atoms with Crippen molar-refractivity contribution in [1.82, 2.24) is 9.97 Å². The van der Waals surface area contributed by atoms with Gasteiger partial charge in [-0.2, -0.15) is 0 Å². The molecule has 36 heavy (non-hydrogen) atoms. The highest BCUT2D eigenvalue weighted by molar-refractivity contribution is 5.82. The SMILES string of the molecule is COc1cc(OC)c(-c2ccnc(-c3cc(-c4c(OC)cc(OC)cc4OC)ccn3)c2)c(OC)c1. The molecule has 4 rings (SSSR count). The summed E-state index contributed by atoms with van der Waals surface area (Å²) in [6.45, 7) is 0. The van der Waals surface area contributed by atoms with Crippen LogP contribution in [0.2, 0.25) is 0 Å². The molecule has 0 spiro atoms. The minimum Gasteiger partial charge on any atom is -0.496 e. The fourth-order valence-electron chi connectivity index (χ4n) is 4.03. The molecule has 2 aromatic carbocycles. The van der Waals surface area contributed by atoms with E-state index in [-0.39, 0.29) is 0 Å². The minimum absolute atomic E-state index is 0.623. The first-order chi connectivity index (χ1) is 17.6. The molecule has 0 fully saturated rings. The van der Waals surface area contributed by atoms with E-state index in [1.165, 1.54) is 0 Å². The molecule has 0 saturated carbocycles. The second kappa shape index (κ2) is 10.9. The number of hydrogen-bond acceptors (Lipinski definition) is 8. The van der Waals surface area contributed by atoms with Crippen molar-refractivity contribution < 1.29 is 28.4 Å². The Morgan fingerprint density at radius 1 is 0.444 bits per heavy atom. The van der Waals surface area contributed by atoms with E-state index >= 15 is 0 Å². The average molecular weight is 489 g/mol. The molecule has 8 heteroatoms. The van der Waals surface area contributed by atoms with E-state index in [2.05, 4.69) is 9.97 Å². The van der Waals surface area contributed by atoms with Gasteiger partial charge in [-0.15, -0.1) is 0 Å². The van der Waals surface area contributed by atoms with E-state index in [0.717, 1.165) is 22.3 Å². The monoisotopic (exact) mass is 488 g/mol. The summed E-state index contributed by atoms with van der Waals surface area (Å²) in [6, 6.07) is 15.0. The highest BCUT2D eigenvalue weighted by Gasteiger charge is 2.19. The summed E-state index contributed by atoms with van der Waals surface area (Å²) in [7, 11) is 9.65. The minimum atomic E-state index is 0.623. The molecule has 0 amide bonds. The van der Waals surface area contributed by atoms with Crippen LogP contribution in [0.1, 0.15) is 0 Å². The van der Waals surface area contributed by atoms with Crippen LogP contribution in [-0.2, 0) is 0 Å². The summed E-state index contributed by atoms with van der Waals surface area (Å²) < 4.78 is 33.3. The van der Waals surface area contributed by atoms with E-state index in [0.29, 0.717) is 45.9 Å². The Labute approximate surface area is 210 Å².